The highest BCUT2D eigenvalue weighted by atomic mass is 19.4. The molecular weight excluding hydrogens is 342 g/mol. The number of aromatic amines is 1. The molecule has 0 radical (unpaired) electrons. The van der Waals surface area contributed by atoms with Crippen molar-refractivity contribution in [1.29, 1.82) is 0 Å². The minimum atomic E-state index is -4.53. The topological polar surface area (TPSA) is 66.9 Å². The molecule has 2 N–H and O–H groups in total. The number of alkyl halides is 3. The normalized spacial score (nSPS) is 11.7. The first-order valence-corrected chi connectivity index (χ1v) is 7.09. The zero-order chi connectivity index (χ0) is 18.2. The predicted octanol–water partition coefficient (Wildman–Crippen LogP) is 3.13. The Morgan fingerprint density at radius 3 is 2.64 bits per heavy atom. The maximum Gasteiger partial charge on any atom is 0.416 e. The molecule has 0 saturated carbocycles. The van der Waals surface area contributed by atoms with E-state index in [1.807, 2.05) is 0 Å². The van der Waals surface area contributed by atoms with Crippen LogP contribution in [0.1, 0.15) is 5.56 Å². The highest BCUT2D eigenvalue weighted by molar-refractivity contribution is 5.91. The Balaban J connectivity index is 1.82. The summed E-state index contributed by atoms with van der Waals surface area (Å²) in [6.45, 7) is -0.430. The molecule has 1 amide bonds. The van der Waals surface area contributed by atoms with Crippen molar-refractivity contribution in [3.63, 3.8) is 0 Å². The fourth-order valence-electron chi connectivity index (χ4n) is 2.41. The maximum atomic E-state index is 13.2. The van der Waals surface area contributed by atoms with E-state index in [9.17, 15) is 27.2 Å². The molecular formula is C16H11F4N3O2. The van der Waals surface area contributed by atoms with Gasteiger partial charge in [-0.3, -0.25) is 9.36 Å². The van der Waals surface area contributed by atoms with Crippen molar-refractivity contribution in [2.75, 3.05) is 5.32 Å². The summed E-state index contributed by atoms with van der Waals surface area (Å²) in [6, 6.07) is 7.73. The fraction of sp³-hybridized carbons (Fsp3) is 0.125. The van der Waals surface area contributed by atoms with Gasteiger partial charge in [0, 0.05) is 5.69 Å². The highest BCUT2D eigenvalue weighted by Crippen LogP contribution is 2.30. The summed E-state index contributed by atoms with van der Waals surface area (Å²) in [6.07, 6.45) is -4.53. The van der Waals surface area contributed by atoms with Crippen LogP contribution in [0.4, 0.5) is 23.2 Å². The second kappa shape index (κ2) is 6.08. The Morgan fingerprint density at radius 2 is 1.92 bits per heavy atom. The number of rotatable bonds is 3. The molecule has 1 heterocycles. The third-order valence-corrected chi connectivity index (χ3v) is 3.51. The summed E-state index contributed by atoms with van der Waals surface area (Å²) in [5, 5.41) is 2.31. The lowest BCUT2D eigenvalue weighted by Crippen LogP contribution is -2.26. The zero-order valence-electron chi connectivity index (χ0n) is 12.5. The number of anilines is 1. The summed E-state index contributed by atoms with van der Waals surface area (Å²) < 4.78 is 52.3. The van der Waals surface area contributed by atoms with Gasteiger partial charge in [-0.2, -0.15) is 13.2 Å². The first-order valence-electron chi connectivity index (χ1n) is 7.09. The van der Waals surface area contributed by atoms with E-state index in [-0.39, 0.29) is 11.2 Å². The van der Waals surface area contributed by atoms with Crippen LogP contribution in [-0.2, 0) is 17.5 Å². The summed E-state index contributed by atoms with van der Waals surface area (Å²) in [5.74, 6) is -1.24. The Bertz CT molecular complexity index is 1000. The van der Waals surface area contributed by atoms with E-state index in [0.717, 1.165) is 28.8 Å². The van der Waals surface area contributed by atoms with Crippen molar-refractivity contribution in [2.24, 2.45) is 0 Å². The number of hydrogen-bond acceptors (Lipinski definition) is 2. The molecule has 0 aliphatic rings. The van der Waals surface area contributed by atoms with E-state index in [1.54, 1.807) is 0 Å². The van der Waals surface area contributed by atoms with Crippen molar-refractivity contribution in [1.82, 2.24) is 9.55 Å². The number of nitrogens with one attached hydrogen (secondary N) is 2. The molecule has 3 rings (SSSR count). The van der Waals surface area contributed by atoms with Gasteiger partial charge >= 0.3 is 11.9 Å². The summed E-state index contributed by atoms with van der Waals surface area (Å²) >= 11 is 0. The van der Waals surface area contributed by atoms with E-state index in [4.69, 9.17) is 0 Å². The number of aromatic nitrogens is 2. The van der Waals surface area contributed by atoms with Crippen LogP contribution in [0.2, 0.25) is 0 Å². The number of imidazole rings is 1. The molecule has 0 saturated heterocycles. The third kappa shape index (κ3) is 3.54. The lowest BCUT2D eigenvalue weighted by atomic mass is 10.2. The van der Waals surface area contributed by atoms with Gasteiger partial charge in [0.15, 0.2) is 0 Å². The molecule has 130 valence electrons. The van der Waals surface area contributed by atoms with Gasteiger partial charge in [0.1, 0.15) is 12.4 Å². The largest absolute Gasteiger partial charge is 0.416 e. The molecule has 9 heteroatoms. The monoisotopic (exact) mass is 353 g/mol. The van der Waals surface area contributed by atoms with Crippen LogP contribution in [0.25, 0.3) is 11.0 Å². The quantitative estimate of drug-likeness (QED) is 0.711. The molecule has 0 bridgehead atoms. The van der Waals surface area contributed by atoms with Crippen molar-refractivity contribution >= 4 is 22.6 Å². The van der Waals surface area contributed by atoms with Crippen LogP contribution in [0.3, 0.4) is 0 Å². The van der Waals surface area contributed by atoms with Gasteiger partial charge in [-0.05, 0) is 36.4 Å². The van der Waals surface area contributed by atoms with Crippen molar-refractivity contribution in [3.8, 4) is 0 Å². The number of halogens is 4. The van der Waals surface area contributed by atoms with Crippen molar-refractivity contribution < 1.29 is 22.4 Å². The summed E-state index contributed by atoms with van der Waals surface area (Å²) in [7, 11) is 0. The lowest BCUT2D eigenvalue weighted by Gasteiger charge is -2.10. The van der Waals surface area contributed by atoms with Crippen LogP contribution in [0.15, 0.2) is 47.3 Å². The fourth-order valence-corrected chi connectivity index (χ4v) is 2.41. The Morgan fingerprint density at radius 1 is 1.16 bits per heavy atom. The van der Waals surface area contributed by atoms with E-state index in [0.29, 0.717) is 5.52 Å². The molecule has 0 unspecified atom stereocenters. The van der Waals surface area contributed by atoms with Crippen LogP contribution in [-0.4, -0.2) is 15.5 Å². The summed E-state index contributed by atoms with van der Waals surface area (Å²) in [5.41, 5.74) is -1.04. The number of fused-ring (bicyclic) bond motifs is 1. The second-order valence-electron chi connectivity index (χ2n) is 5.30. The van der Waals surface area contributed by atoms with Crippen molar-refractivity contribution in [3.05, 3.63) is 64.3 Å². The molecule has 2 aromatic carbocycles. The van der Waals surface area contributed by atoms with Gasteiger partial charge in [0.2, 0.25) is 5.91 Å². The SMILES string of the molecule is O=C(Cn1c(=O)[nH]c2cc(F)ccc21)Nc1cccc(C(F)(F)F)c1. The Hall–Kier alpha value is -3.10. The number of H-pyrrole nitrogens is 1. The smallest absolute Gasteiger partial charge is 0.325 e. The first-order chi connectivity index (χ1) is 11.7. The standard InChI is InChI=1S/C16H11F4N3O2/c17-10-4-5-13-12(7-10)22-15(25)23(13)8-14(24)21-11-3-1-2-9(6-11)16(18,19)20/h1-7H,8H2,(H,21,24)(H,22,25). The number of amides is 1. The van der Waals surface area contributed by atoms with Gasteiger partial charge in [-0.1, -0.05) is 6.07 Å². The van der Waals surface area contributed by atoms with Crippen LogP contribution >= 0.6 is 0 Å². The molecule has 0 aliphatic carbocycles. The molecule has 1 aromatic heterocycles. The Kier molecular flexibility index (Phi) is 4.07. The van der Waals surface area contributed by atoms with Crippen LogP contribution < -0.4 is 11.0 Å². The lowest BCUT2D eigenvalue weighted by molar-refractivity contribution is -0.137. The number of benzene rings is 2. The number of hydrogen-bond donors (Lipinski definition) is 2. The van der Waals surface area contributed by atoms with Crippen LogP contribution in [0.5, 0.6) is 0 Å². The molecule has 0 aliphatic heterocycles. The van der Waals surface area contributed by atoms with Crippen LogP contribution in [0, 0.1) is 5.82 Å². The zero-order valence-corrected chi connectivity index (χ0v) is 12.5. The highest BCUT2D eigenvalue weighted by Gasteiger charge is 2.30. The first kappa shape index (κ1) is 16.7. The molecule has 0 spiro atoms. The van der Waals surface area contributed by atoms with Gasteiger partial charge in [-0.25, -0.2) is 9.18 Å². The molecule has 25 heavy (non-hydrogen) atoms. The average Bonchev–Trinajstić information content (AvgIpc) is 2.81. The average molecular weight is 353 g/mol. The van der Waals surface area contributed by atoms with E-state index in [2.05, 4.69) is 10.3 Å². The molecule has 0 fully saturated rings. The number of nitrogens with zero attached hydrogens (tertiary/aromatic N) is 1. The van der Waals surface area contributed by atoms with Gasteiger partial charge < -0.3 is 10.3 Å². The van der Waals surface area contributed by atoms with E-state index in [1.165, 1.54) is 18.2 Å². The predicted molar refractivity (Wildman–Crippen MR) is 82.6 cm³/mol. The van der Waals surface area contributed by atoms with Gasteiger partial charge in [0.05, 0.1) is 16.6 Å². The minimum absolute atomic E-state index is 0.0428. The van der Waals surface area contributed by atoms with Crippen molar-refractivity contribution in [2.45, 2.75) is 12.7 Å². The number of carbonyl (C=O) groups is 1. The molecule has 5 nitrogen and oxygen atoms in total. The number of carbonyl (C=O) groups excluding carboxylic acids is 1. The third-order valence-electron chi connectivity index (χ3n) is 3.51. The summed E-state index contributed by atoms with van der Waals surface area (Å²) in [4.78, 5) is 26.3. The maximum absolute atomic E-state index is 13.2. The molecule has 3 aromatic rings. The Labute approximate surface area is 137 Å². The minimum Gasteiger partial charge on any atom is -0.325 e. The molecule has 0 atom stereocenters. The van der Waals surface area contributed by atoms with E-state index >= 15 is 0 Å². The van der Waals surface area contributed by atoms with Gasteiger partial charge in [0.25, 0.3) is 0 Å². The van der Waals surface area contributed by atoms with E-state index < -0.39 is 35.7 Å². The second-order valence-corrected chi connectivity index (χ2v) is 5.30. The van der Waals surface area contributed by atoms with Gasteiger partial charge in [-0.15, -0.1) is 0 Å².